The Labute approximate surface area is 247 Å². The average molecular weight is 645 g/mol. The monoisotopic (exact) mass is 644 g/mol. The number of hydrogen-bond acceptors (Lipinski definition) is 15. The molecule has 2 amide bonds. The van der Waals surface area contributed by atoms with E-state index in [9.17, 15) is 50.2 Å². The van der Waals surface area contributed by atoms with Crippen LogP contribution in [0.2, 0.25) is 0 Å². The quantitative estimate of drug-likeness (QED) is 0.126. The van der Waals surface area contributed by atoms with Crippen molar-refractivity contribution in [1.29, 1.82) is 5.41 Å². The zero-order chi connectivity index (χ0) is 32.7. The van der Waals surface area contributed by atoms with Crippen molar-refractivity contribution < 1.29 is 59.5 Å². The number of carboxylic acids is 1. The summed E-state index contributed by atoms with van der Waals surface area (Å²) in [5.41, 5.74) is 3.87. The largest absolute Gasteiger partial charge is 0.744 e. The molecule has 44 heavy (non-hydrogen) atoms. The summed E-state index contributed by atoms with van der Waals surface area (Å²) in [4.78, 5) is 45.8. The number of aromatic carboxylic acids is 1. The summed E-state index contributed by atoms with van der Waals surface area (Å²) >= 11 is 0. The summed E-state index contributed by atoms with van der Waals surface area (Å²) in [5, 5.41) is 19.3. The Morgan fingerprint density at radius 2 is 1.50 bits per heavy atom. The lowest BCUT2D eigenvalue weighted by Gasteiger charge is -2.22. The number of amides is 2. The Bertz CT molecular complexity index is 2120. The molecule has 230 valence electrons. The Kier molecular flexibility index (Phi) is 8.29. The summed E-state index contributed by atoms with van der Waals surface area (Å²) in [6, 6.07) is 9.91. The number of benzene rings is 3. The molecule has 5 rings (SSSR count). The minimum Gasteiger partial charge on any atom is -0.744 e. The van der Waals surface area contributed by atoms with E-state index in [0.29, 0.717) is 5.06 Å². The molecule has 2 aliphatic heterocycles. The lowest BCUT2D eigenvalue weighted by molar-refractivity contribution is -0.255. The number of hydrogen-bond donors (Lipinski definition) is 2. The van der Waals surface area contributed by atoms with E-state index < -0.39 is 76.2 Å². The number of nitrogen functional groups attached to an aromatic ring is 1. The van der Waals surface area contributed by atoms with Gasteiger partial charge in [-0.1, -0.05) is 24.3 Å². The number of fused-ring (bicyclic) bond motifs is 2. The highest BCUT2D eigenvalue weighted by molar-refractivity contribution is 7.86. The fraction of sp³-hybridized carbons (Fsp3) is 0.115. The van der Waals surface area contributed by atoms with Gasteiger partial charge in [0.25, 0.3) is 11.8 Å². The summed E-state index contributed by atoms with van der Waals surface area (Å²) in [6.07, 6.45) is 0.262. The van der Waals surface area contributed by atoms with Crippen molar-refractivity contribution in [3.8, 4) is 22.5 Å². The lowest BCUT2D eigenvalue weighted by Crippen LogP contribution is -2.30. The second-order valence-electron chi connectivity index (χ2n) is 9.06. The number of carbonyl (C=O) groups excluding carboxylic acids is 4. The van der Waals surface area contributed by atoms with Gasteiger partial charge in [-0.2, -0.15) is 0 Å². The third kappa shape index (κ3) is 5.99. The summed E-state index contributed by atoms with van der Waals surface area (Å²) in [5.74, 6) is -3.90. The molecule has 1 aliphatic carbocycles. The maximum Gasteiger partial charge on any atom is 0.330 e. The van der Waals surface area contributed by atoms with E-state index in [-0.39, 0.29) is 40.5 Å². The molecule has 0 unspecified atom stereocenters. The first-order valence-corrected chi connectivity index (χ1v) is 14.9. The van der Waals surface area contributed by atoms with Gasteiger partial charge < -0.3 is 34.0 Å². The average Bonchev–Trinajstić information content (AvgIpc) is 3.22. The molecule has 3 N–H and O–H groups in total. The van der Waals surface area contributed by atoms with Crippen molar-refractivity contribution in [2.45, 2.75) is 29.6 Å². The van der Waals surface area contributed by atoms with Gasteiger partial charge >= 0.3 is 5.97 Å². The first kappa shape index (κ1) is 31.8. The van der Waals surface area contributed by atoms with Crippen molar-refractivity contribution in [1.82, 2.24) is 5.06 Å². The lowest BCUT2D eigenvalue weighted by atomic mass is 9.90. The van der Waals surface area contributed by atoms with E-state index in [0.717, 1.165) is 19.1 Å². The van der Waals surface area contributed by atoms with Crippen LogP contribution >= 0.6 is 0 Å². The Morgan fingerprint density at radius 3 is 2.05 bits per heavy atom. The molecule has 2 aromatic carbocycles. The van der Waals surface area contributed by atoms with Crippen LogP contribution in [0.3, 0.4) is 0 Å². The normalized spacial score (nSPS) is 13.6. The molecule has 1 fully saturated rings. The minimum absolute atomic E-state index is 0.0469. The van der Waals surface area contributed by atoms with Crippen LogP contribution in [0.25, 0.3) is 33.4 Å². The van der Waals surface area contributed by atoms with E-state index in [2.05, 4.69) is 4.84 Å². The van der Waals surface area contributed by atoms with E-state index >= 15 is 0 Å². The van der Waals surface area contributed by atoms with Crippen LogP contribution in [-0.4, -0.2) is 54.8 Å². The van der Waals surface area contributed by atoms with Gasteiger partial charge in [0.05, 0.1) is 17.0 Å². The van der Waals surface area contributed by atoms with Gasteiger partial charge in [0.1, 0.15) is 30.0 Å². The number of hydroxylamine groups is 2. The number of carbonyl (C=O) groups is 4. The zero-order valence-corrected chi connectivity index (χ0v) is 23.8. The molecule has 0 saturated carbocycles. The van der Waals surface area contributed by atoms with Crippen LogP contribution < -0.4 is 16.2 Å². The Balaban J connectivity index is 0.000000339. The van der Waals surface area contributed by atoms with E-state index in [1.165, 1.54) is 36.4 Å². The molecule has 2 heterocycles. The molecule has 18 heteroatoms. The fourth-order valence-corrected chi connectivity index (χ4v) is 5.90. The standard InChI is InChI=1S/C20H14N2O9S2.C6H7NO4/c21-13-7-5-11-15(9-3-1-2-4-10(9)20(23)24)12-6-8-14(22)19(33(28,29)30)17(12)31-16(11)18(13)32(25,26)27;1-4(8)11-7-5(9)2-3-6(7)10/h1-8,21H,22H2,(H,23,24)(H,25,26,27)(H,28,29,30);2-3H2,1H3/p-3. The highest BCUT2D eigenvalue weighted by Gasteiger charge is 2.32. The topological polar surface area (TPSA) is 281 Å². The number of anilines is 1. The first-order valence-electron chi connectivity index (χ1n) is 12.1. The highest BCUT2D eigenvalue weighted by atomic mass is 32.2. The van der Waals surface area contributed by atoms with Gasteiger partial charge in [0, 0.05) is 41.8 Å². The molecule has 0 aromatic heterocycles. The third-order valence-electron chi connectivity index (χ3n) is 6.14. The van der Waals surface area contributed by atoms with Crippen LogP contribution in [0.1, 0.15) is 30.1 Å². The van der Waals surface area contributed by atoms with Gasteiger partial charge in [-0.15, -0.1) is 5.06 Å². The first-order chi connectivity index (χ1) is 20.4. The van der Waals surface area contributed by atoms with Crippen LogP contribution in [-0.2, 0) is 39.5 Å². The van der Waals surface area contributed by atoms with Gasteiger partial charge in [-0.25, -0.2) is 21.6 Å². The van der Waals surface area contributed by atoms with Crippen LogP contribution in [0.4, 0.5) is 5.69 Å². The summed E-state index contributed by atoms with van der Waals surface area (Å²) in [7, 11) is -10.6. The SMILES string of the molecule is CC(=O)ON1C(=O)CCC1=O.N=c1ccc2c(-c3ccccc3C(=O)[O-])c3ccc(N)c(S(=O)(=O)[O-])c3oc-2c1S(=O)(=O)[O-]. The Morgan fingerprint density at radius 1 is 0.909 bits per heavy atom. The summed E-state index contributed by atoms with van der Waals surface area (Å²) < 4.78 is 77.1. The predicted molar refractivity (Wildman–Crippen MR) is 142 cm³/mol. The van der Waals surface area contributed by atoms with E-state index in [1.54, 1.807) is 0 Å². The maximum atomic E-state index is 12.0. The van der Waals surface area contributed by atoms with Crippen molar-refractivity contribution in [3.05, 3.63) is 59.5 Å². The van der Waals surface area contributed by atoms with Gasteiger partial charge in [0.15, 0.2) is 11.3 Å². The maximum absolute atomic E-state index is 12.0. The van der Waals surface area contributed by atoms with Crippen molar-refractivity contribution >= 4 is 60.6 Å². The zero-order valence-electron chi connectivity index (χ0n) is 22.2. The number of nitrogens with two attached hydrogens (primary N) is 1. The third-order valence-corrected chi connectivity index (χ3v) is 7.97. The molecule has 0 radical (unpaired) electrons. The summed E-state index contributed by atoms with van der Waals surface area (Å²) in [6.45, 7) is 1.14. The smallest absolute Gasteiger partial charge is 0.330 e. The number of rotatable bonds is 5. The van der Waals surface area contributed by atoms with Crippen LogP contribution in [0, 0.1) is 5.41 Å². The fourth-order valence-electron chi connectivity index (χ4n) is 4.45. The van der Waals surface area contributed by atoms with Gasteiger partial charge in [-0.3, -0.25) is 15.0 Å². The van der Waals surface area contributed by atoms with Crippen LogP contribution in [0.5, 0.6) is 0 Å². The van der Waals surface area contributed by atoms with Crippen molar-refractivity contribution in [2.24, 2.45) is 0 Å². The molecule has 3 aliphatic rings. The molecular formula is C26H18N3O13S2-3. The van der Waals surface area contributed by atoms with E-state index in [1.807, 2.05) is 0 Å². The minimum atomic E-state index is -5.33. The van der Waals surface area contributed by atoms with Crippen molar-refractivity contribution in [2.75, 3.05) is 5.73 Å². The van der Waals surface area contributed by atoms with E-state index in [4.69, 9.17) is 15.6 Å². The molecule has 1 saturated heterocycles. The molecule has 0 spiro atoms. The highest BCUT2D eigenvalue weighted by Crippen LogP contribution is 2.45. The molecule has 0 bridgehead atoms. The van der Waals surface area contributed by atoms with Crippen LogP contribution in [0.15, 0.2) is 62.7 Å². The van der Waals surface area contributed by atoms with Crippen molar-refractivity contribution in [3.63, 3.8) is 0 Å². The van der Waals surface area contributed by atoms with Gasteiger partial charge in [-0.05, 0) is 29.8 Å². The molecule has 2 aromatic rings. The Hall–Kier alpha value is -5.17. The van der Waals surface area contributed by atoms with Gasteiger partial charge in [0.2, 0.25) is 0 Å². The molecular weight excluding hydrogens is 626 g/mol. The number of nitrogens with one attached hydrogen (secondary N) is 1. The number of imide groups is 1. The molecule has 0 atom stereocenters. The second-order valence-corrected chi connectivity index (χ2v) is 11.7. The number of nitrogens with zero attached hydrogens (tertiary/aromatic N) is 1. The predicted octanol–water partition coefficient (Wildman–Crippen LogP) is 0.0515. The second kappa shape index (κ2) is 11.5. The number of carboxylic acid groups (broad SMARTS) is 1. The molecule has 16 nitrogen and oxygen atoms in total.